The molecule has 0 spiro atoms. The highest BCUT2D eigenvalue weighted by molar-refractivity contribution is 8.00. The predicted octanol–water partition coefficient (Wildman–Crippen LogP) is 4.08. The summed E-state index contributed by atoms with van der Waals surface area (Å²) in [6.07, 6.45) is 0. The lowest BCUT2D eigenvalue weighted by Crippen LogP contribution is -2.50. The van der Waals surface area contributed by atoms with Gasteiger partial charge in [0.1, 0.15) is 5.69 Å². The third-order valence-electron chi connectivity index (χ3n) is 4.48. The number of nitrogens with zero attached hydrogens (tertiary/aromatic N) is 3. The molecule has 142 valence electrons. The van der Waals surface area contributed by atoms with Crippen LogP contribution in [0, 0.1) is 10.1 Å². The number of anilines is 1. The number of rotatable bonds is 5. The summed E-state index contributed by atoms with van der Waals surface area (Å²) in [5, 5.41) is 11.7. The minimum Gasteiger partial charge on any atom is -0.362 e. The van der Waals surface area contributed by atoms with Gasteiger partial charge in [0.05, 0.1) is 10.2 Å². The first kappa shape index (κ1) is 19.5. The number of carbonyl (C=O) groups excluding carboxylic acids is 1. The molecule has 1 atom stereocenters. The molecule has 1 aliphatic rings. The van der Waals surface area contributed by atoms with Gasteiger partial charge in [0.2, 0.25) is 5.91 Å². The van der Waals surface area contributed by atoms with E-state index in [4.69, 9.17) is 11.6 Å². The van der Waals surface area contributed by atoms with E-state index >= 15 is 0 Å². The van der Waals surface area contributed by atoms with Crippen LogP contribution in [-0.4, -0.2) is 47.2 Å². The maximum atomic E-state index is 12.7. The molecule has 2 aromatic carbocycles. The first-order chi connectivity index (χ1) is 13.0. The van der Waals surface area contributed by atoms with E-state index < -0.39 is 0 Å². The van der Waals surface area contributed by atoms with E-state index in [2.05, 4.69) is 0 Å². The molecule has 27 heavy (non-hydrogen) atoms. The van der Waals surface area contributed by atoms with Crippen LogP contribution >= 0.6 is 23.4 Å². The smallest absolute Gasteiger partial charge is 0.292 e. The van der Waals surface area contributed by atoms with Crippen molar-refractivity contribution in [2.45, 2.75) is 17.1 Å². The molecule has 0 radical (unpaired) electrons. The van der Waals surface area contributed by atoms with Gasteiger partial charge >= 0.3 is 0 Å². The third kappa shape index (κ3) is 4.73. The Kier molecular flexibility index (Phi) is 6.23. The molecule has 0 bridgehead atoms. The van der Waals surface area contributed by atoms with Crippen LogP contribution in [0.2, 0.25) is 5.02 Å². The third-order valence-corrected chi connectivity index (χ3v) is 5.84. The summed E-state index contributed by atoms with van der Waals surface area (Å²) in [4.78, 5) is 28.4. The van der Waals surface area contributed by atoms with Crippen LogP contribution in [0.3, 0.4) is 0 Å². The molecule has 8 heteroatoms. The Bertz CT molecular complexity index is 823. The molecule has 1 fully saturated rings. The molecule has 2 aromatic rings. The molecule has 6 nitrogen and oxygen atoms in total. The standard InChI is InChI=1S/C19H20ClN3O3S/c1-14(27-16-8-6-15(20)7-9-16)19(24)22-12-10-21(11-13-22)17-4-2-3-5-18(17)23(25)26/h2-9,14H,10-13H2,1H3. The Labute approximate surface area is 167 Å². The first-order valence-electron chi connectivity index (χ1n) is 8.65. The van der Waals surface area contributed by atoms with Crippen LogP contribution in [0.1, 0.15) is 6.92 Å². The number of nitro benzene ring substituents is 1. The lowest BCUT2D eigenvalue weighted by Gasteiger charge is -2.36. The quantitative estimate of drug-likeness (QED) is 0.426. The molecule has 1 unspecified atom stereocenters. The lowest BCUT2D eigenvalue weighted by atomic mass is 10.2. The van der Waals surface area contributed by atoms with Gasteiger partial charge in [-0.2, -0.15) is 0 Å². The highest BCUT2D eigenvalue weighted by atomic mass is 35.5. The van der Waals surface area contributed by atoms with Crippen molar-refractivity contribution in [1.29, 1.82) is 0 Å². The Morgan fingerprint density at radius 3 is 2.37 bits per heavy atom. The van der Waals surface area contributed by atoms with Gasteiger partial charge in [-0.15, -0.1) is 11.8 Å². The van der Waals surface area contributed by atoms with Crippen molar-refractivity contribution in [3.8, 4) is 0 Å². The lowest BCUT2D eigenvalue weighted by molar-refractivity contribution is -0.384. The monoisotopic (exact) mass is 405 g/mol. The first-order valence-corrected chi connectivity index (χ1v) is 9.91. The molecule has 1 amide bonds. The van der Waals surface area contributed by atoms with E-state index in [9.17, 15) is 14.9 Å². The molecule has 0 saturated carbocycles. The summed E-state index contributed by atoms with van der Waals surface area (Å²) in [6, 6.07) is 14.2. The average Bonchev–Trinajstić information content (AvgIpc) is 2.69. The molecule has 1 saturated heterocycles. The van der Waals surface area contributed by atoms with E-state index in [1.54, 1.807) is 18.2 Å². The number of para-hydroxylation sites is 2. The van der Waals surface area contributed by atoms with Gasteiger partial charge in [-0.25, -0.2) is 0 Å². The second-order valence-electron chi connectivity index (χ2n) is 6.27. The summed E-state index contributed by atoms with van der Waals surface area (Å²) in [5.41, 5.74) is 0.710. The molecule has 1 heterocycles. The molecular formula is C19H20ClN3O3S. The van der Waals surface area contributed by atoms with Gasteiger partial charge in [0, 0.05) is 42.2 Å². The Morgan fingerprint density at radius 2 is 1.74 bits per heavy atom. The van der Waals surface area contributed by atoms with Crippen LogP contribution in [0.4, 0.5) is 11.4 Å². The molecule has 3 rings (SSSR count). The van der Waals surface area contributed by atoms with Gasteiger partial charge in [-0.3, -0.25) is 14.9 Å². The zero-order valence-electron chi connectivity index (χ0n) is 14.9. The number of carbonyl (C=O) groups is 1. The van der Waals surface area contributed by atoms with Crippen molar-refractivity contribution in [3.63, 3.8) is 0 Å². The number of amides is 1. The number of benzene rings is 2. The van der Waals surface area contributed by atoms with Crippen molar-refractivity contribution in [2.75, 3.05) is 31.1 Å². The normalized spacial score (nSPS) is 15.5. The summed E-state index contributed by atoms with van der Waals surface area (Å²) in [5.74, 6) is 0.0807. The largest absolute Gasteiger partial charge is 0.362 e. The van der Waals surface area contributed by atoms with E-state index in [-0.39, 0.29) is 21.8 Å². The van der Waals surface area contributed by atoms with E-state index in [1.807, 2.05) is 41.0 Å². The van der Waals surface area contributed by atoms with Crippen molar-refractivity contribution in [1.82, 2.24) is 4.90 Å². The number of halogens is 1. The Hall–Kier alpha value is -2.25. The topological polar surface area (TPSA) is 66.7 Å². The second-order valence-corrected chi connectivity index (χ2v) is 8.12. The minimum atomic E-state index is -0.363. The van der Waals surface area contributed by atoms with Gasteiger partial charge in [-0.1, -0.05) is 23.7 Å². The van der Waals surface area contributed by atoms with Gasteiger partial charge < -0.3 is 9.80 Å². The summed E-state index contributed by atoms with van der Waals surface area (Å²) in [7, 11) is 0. The fourth-order valence-corrected chi connectivity index (χ4v) is 4.16. The molecule has 0 aliphatic carbocycles. The van der Waals surface area contributed by atoms with Crippen molar-refractivity contribution < 1.29 is 9.72 Å². The Morgan fingerprint density at radius 1 is 1.11 bits per heavy atom. The van der Waals surface area contributed by atoms with Crippen molar-refractivity contribution in [2.24, 2.45) is 0 Å². The summed E-state index contributed by atoms with van der Waals surface area (Å²) >= 11 is 7.40. The fourth-order valence-electron chi connectivity index (χ4n) is 3.08. The van der Waals surface area contributed by atoms with Crippen molar-refractivity contribution in [3.05, 3.63) is 63.7 Å². The highest BCUT2D eigenvalue weighted by Crippen LogP contribution is 2.29. The molecule has 1 aliphatic heterocycles. The van der Waals surface area contributed by atoms with E-state index in [0.29, 0.717) is 36.9 Å². The van der Waals surface area contributed by atoms with Gasteiger partial charge in [0.25, 0.3) is 5.69 Å². The van der Waals surface area contributed by atoms with E-state index in [1.165, 1.54) is 17.8 Å². The summed E-state index contributed by atoms with van der Waals surface area (Å²) in [6.45, 7) is 4.16. The van der Waals surface area contributed by atoms with Crippen molar-refractivity contribution >= 4 is 40.6 Å². The maximum Gasteiger partial charge on any atom is 0.292 e. The van der Waals surface area contributed by atoms with Gasteiger partial charge in [0.15, 0.2) is 0 Å². The van der Waals surface area contributed by atoms with Crippen LogP contribution in [0.15, 0.2) is 53.4 Å². The summed E-state index contributed by atoms with van der Waals surface area (Å²) < 4.78 is 0. The van der Waals surface area contributed by atoms with Crippen LogP contribution < -0.4 is 4.90 Å². The molecular weight excluding hydrogens is 386 g/mol. The number of piperazine rings is 1. The fraction of sp³-hybridized carbons (Fsp3) is 0.316. The Balaban J connectivity index is 1.59. The number of nitro groups is 1. The van der Waals surface area contributed by atoms with Crippen LogP contribution in [0.25, 0.3) is 0 Å². The zero-order valence-corrected chi connectivity index (χ0v) is 16.4. The second kappa shape index (κ2) is 8.63. The zero-order chi connectivity index (χ0) is 19.4. The number of hydrogen-bond acceptors (Lipinski definition) is 5. The molecule has 0 aromatic heterocycles. The maximum absolute atomic E-state index is 12.7. The number of hydrogen-bond donors (Lipinski definition) is 0. The van der Waals surface area contributed by atoms with E-state index in [0.717, 1.165) is 4.90 Å². The van der Waals surface area contributed by atoms with Crippen LogP contribution in [0.5, 0.6) is 0 Å². The average molecular weight is 406 g/mol. The molecule has 0 N–H and O–H groups in total. The number of thioether (sulfide) groups is 1. The predicted molar refractivity (Wildman–Crippen MR) is 109 cm³/mol. The minimum absolute atomic E-state index is 0.0807. The van der Waals surface area contributed by atoms with Crippen LogP contribution in [-0.2, 0) is 4.79 Å². The SMILES string of the molecule is CC(Sc1ccc(Cl)cc1)C(=O)N1CCN(c2ccccc2[N+](=O)[O-])CC1. The van der Waals surface area contributed by atoms with Gasteiger partial charge in [-0.05, 0) is 37.3 Å². The highest BCUT2D eigenvalue weighted by Gasteiger charge is 2.28.